The highest BCUT2D eigenvalue weighted by atomic mass is 16.4. The Kier molecular flexibility index (Phi) is 6.01. The molecule has 0 bridgehead atoms. The number of aliphatic imine (C=N–C) groups is 1. The van der Waals surface area contributed by atoms with Crippen LogP contribution in [0.25, 0.3) is 22.5 Å². The van der Waals surface area contributed by atoms with Crippen LogP contribution in [0.3, 0.4) is 0 Å². The second-order valence-electron chi connectivity index (χ2n) is 8.08. The molecule has 0 aliphatic carbocycles. The van der Waals surface area contributed by atoms with Crippen molar-refractivity contribution in [3.63, 3.8) is 0 Å². The first-order valence-corrected chi connectivity index (χ1v) is 11.1. The Bertz CT molecular complexity index is 1550. The molecular weight excluding hydrogens is 438 g/mol. The maximum atomic E-state index is 11.7. The molecule has 0 fully saturated rings. The Morgan fingerprint density at radius 1 is 1.00 bits per heavy atom. The van der Waals surface area contributed by atoms with Crippen LogP contribution in [0.2, 0.25) is 0 Å². The third-order valence-corrected chi connectivity index (χ3v) is 5.71. The molecule has 2 heterocycles. The van der Waals surface area contributed by atoms with Gasteiger partial charge in [-0.15, -0.1) is 0 Å². The number of aryl methyl sites for hydroxylation is 1. The summed E-state index contributed by atoms with van der Waals surface area (Å²) in [5.41, 5.74) is 5.44. The highest BCUT2D eigenvalue weighted by Gasteiger charge is 2.14. The molecule has 0 saturated carbocycles. The average Bonchev–Trinajstić information content (AvgIpc) is 3.20. The summed E-state index contributed by atoms with van der Waals surface area (Å²) in [6.45, 7) is 0. The first kappa shape index (κ1) is 22.0. The molecule has 5 rings (SSSR count). The van der Waals surface area contributed by atoms with Gasteiger partial charge in [-0.25, -0.2) is 14.8 Å². The van der Waals surface area contributed by atoms with Crippen LogP contribution in [0.1, 0.15) is 16.7 Å². The van der Waals surface area contributed by atoms with Gasteiger partial charge in [0.05, 0.1) is 17.3 Å². The lowest BCUT2D eigenvalue weighted by molar-refractivity contribution is 0.528. The van der Waals surface area contributed by atoms with E-state index in [1.165, 1.54) is 4.57 Å². The lowest BCUT2D eigenvalue weighted by Crippen LogP contribution is -2.13. The first-order chi connectivity index (χ1) is 17.1. The largest absolute Gasteiger partial charge is 0.419 e. The van der Waals surface area contributed by atoms with E-state index in [0.717, 1.165) is 28.0 Å². The maximum Gasteiger partial charge on any atom is 0.419 e. The molecule has 0 amide bonds. The number of hydrogen-bond donors (Lipinski definition) is 0. The summed E-state index contributed by atoms with van der Waals surface area (Å²) in [6, 6.07) is 26.8. The molecule has 170 valence electrons. The molecule has 2 aromatic heterocycles. The molecule has 0 radical (unpaired) electrons. The van der Waals surface area contributed by atoms with Crippen molar-refractivity contribution in [2.75, 3.05) is 0 Å². The molecular formula is C28H21N5O2. The van der Waals surface area contributed by atoms with Gasteiger partial charge in [0, 0.05) is 42.6 Å². The third-order valence-electron chi connectivity index (χ3n) is 5.71. The average molecular weight is 460 g/mol. The number of rotatable bonds is 6. The molecule has 7 heteroatoms. The zero-order chi connectivity index (χ0) is 24.2. The van der Waals surface area contributed by atoms with Gasteiger partial charge in [-0.2, -0.15) is 5.26 Å². The monoisotopic (exact) mass is 459 g/mol. The smallest absolute Gasteiger partial charge is 0.408 e. The van der Waals surface area contributed by atoms with Crippen molar-refractivity contribution in [2.24, 2.45) is 12.0 Å². The highest BCUT2D eigenvalue weighted by Crippen LogP contribution is 2.21. The SMILES string of the molecule is Cn1c(=O)oc2ccc(-c3ncc(CC(C#N)N=C(c4ccccc4)c4ccccc4)cn3)cc21. The summed E-state index contributed by atoms with van der Waals surface area (Å²) in [5, 5.41) is 9.86. The number of oxazole rings is 1. The fourth-order valence-corrected chi connectivity index (χ4v) is 3.88. The van der Waals surface area contributed by atoms with Crippen LogP contribution in [-0.4, -0.2) is 26.3 Å². The summed E-state index contributed by atoms with van der Waals surface area (Å²) in [6.07, 6.45) is 3.81. The number of hydrogen-bond acceptors (Lipinski definition) is 6. The Labute approximate surface area is 201 Å². The van der Waals surface area contributed by atoms with E-state index in [-0.39, 0.29) is 0 Å². The van der Waals surface area contributed by atoms with Crippen molar-refractivity contribution in [1.29, 1.82) is 5.26 Å². The van der Waals surface area contributed by atoms with Crippen LogP contribution in [0.15, 0.2) is 105 Å². The Morgan fingerprint density at radius 3 is 2.23 bits per heavy atom. The van der Waals surface area contributed by atoms with Gasteiger partial charge in [0.25, 0.3) is 0 Å². The van der Waals surface area contributed by atoms with Gasteiger partial charge in [-0.05, 0) is 23.8 Å². The molecule has 0 spiro atoms. The van der Waals surface area contributed by atoms with Crippen molar-refractivity contribution in [3.8, 4) is 17.5 Å². The summed E-state index contributed by atoms with van der Waals surface area (Å²) in [4.78, 5) is 25.5. The minimum absolute atomic E-state index is 0.384. The summed E-state index contributed by atoms with van der Waals surface area (Å²) >= 11 is 0. The van der Waals surface area contributed by atoms with Crippen molar-refractivity contribution < 1.29 is 4.42 Å². The molecule has 0 aliphatic heterocycles. The topological polar surface area (TPSA) is 97.1 Å². The highest BCUT2D eigenvalue weighted by molar-refractivity contribution is 6.13. The van der Waals surface area contributed by atoms with Crippen LogP contribution < -0.4 is 5.76 Å². The molecule has 1 unspecified atom stereocenters. The summed E-state index contributed by atoms with van der Waals surface area (Å²) in [7, 11) is 1.66. The van der Waals surface area contributed by atoms with E-state index in [4.69, 9.17) is 9.41 Å². The van der Waals surface area contributed by atoms with Crippen molar-refractivity contribution in [3.05, 3.63) is 118 Å². The number of aromatic nitrogens is 3. The van der Waals surface area contributed by atoms with Gasteiger partial charge in [0.2, 0.25) is 0 Å². The van der Waals surface area contributed by atoms with E-state index in [0.29, 0.717) is 23.3 Å². The summed E-state index contributed by atoms with van der Waals surface area (Å²) < 4.78 is 6.63. The quantitative estimate of drug-likeness (QED) is 0.347. The molecule has 0 N–H and O–H groups in total. The van der Waals surface area contributed by atoms with Crippen LogP contribution in [0, 0.1) is 11.3 Å². The van der Waals surface area contributed by atoms with Crippen molar-refractivity contribution >= 4 is 16.8 Å². The van der Waals surface area contributed by atoms with E-state index in [9.17, 15) is 10.1 Å². The van der Waals surface area contributed by atoms with E-state index in [1.54, 1.807) is 25.5 Å². The van der Waals surface area contributed by atoms with Crippen molar-refractivity contribution in [1.82, 2.24) is 14.5 Å². The predicted molar refractivity (Wildman–Crippen MR) is 134 cm³/mol. The minimum Gasteiger partial charge on any atom is -0.408 e. The standard InChI is InChI=1S/C28H21N5O2/c1-33-24-15-22(12-13-25(24)35-28(33)34)27-30-17-19(18-31-27)14-23(16-29)32-26(20-8-4-2-5-9-20)21-10-6-3-7-11-21/h2-13,15,17-18,23H,14H2,1H3. The Morgan fingerprint density at radius 2 is 1.63 bits per heavy atom. The fraction of sp³-hybridized carbons (Fsp3) is 0.107. The molecule has 35 heavy (non-hydrogen) atoms. The Balaban J connectivity index is 1.42. The zero-order valence-electron chi connectivity index (χ0n) is 19.0. The van der Waals surface area contributed by atoms with Crippen LogP contribution in [0.5, 0.6) is 0 Å². The fourth-order valence-electron chi connectivity index (χ4n) is 3.88. The molecule has 0 saturated heterocycles. The van der Waals surface area contributed by atoms with Gasteiger partial charge in [-0.1, -0.05) is 60.7 Å². The molecule has 0 aliphatic rings. The lowest BCUT2D eigenvalue weighted by Gasteiger charge is -2.11. The van der Waals surface area contributed by atoms with E-state index in [1.807, 2.05) is 72.8 Å². The molecule has 3 aromatic carbocycles. The first-order valence-electron chi connectivity index (χ1n) is 11.1. The number of nitriles is 1. The van der Waals surface area contributed by atoms with Crippen LogP contribution in [0.4, 0.5) is 0 Å². The van der Waals surface area contributed by atoms with Gasteiger partial charge in [0.1, 0.15) is 6.04 Å². The number of nitrogens with zero attached hydrogens (tertiary/aromatic N) is 5. The number of fused-ring (bicyclic) bond motifs is 1. The molecule has 7 nitrogen and oxygen atoms in total. The normalized spacial score (nSPS) is 11.7. The van der Waals surface area contributed by atoms with Gasteiger partial charge in [-0.3, -0.25) is 9.56 Å². The summed E-state index contributed by atoms with van der Waals surface area (Å²) in [5.74, 6) is 0.109. The van der Waals surface area contributed by atoms with Gasteiger partial charge < -0.3 is 4.42 Å². The van der Waals surface area contributed by atoms with E-state index < -0.39 is 11.8 Å². The molecule has 5 aromatic rings. The predicted octanol–water partition coefficient (Wildman–Crippen LogP) is 4.56. The van der Waals surface area contributed by atoms with Gasteiger partial charge >= 0.3 is 5.76 Å². The number of benzene rings is 3. The van der Waals surface area contributed by atoms with Crippen molar-refractivity contribution in [2.45, 2.75) is 12.5 Å². The molecule has 1 atom stereocenters. The third kappa shape index (κ3) is 4.63. The second kappa shape index (κ2) is 9.57. The van der Waals surface area contributed by atoms with Gasteiger partial charge in [0.15, 0.2) is 11.4 Å². The van der Waals surface area contributed by atoms with E-state index >= 15 is 0 Å². The maximum absolute atomic E-state index is 11.7. The minimum atomic E-state index is -0.600. The Hall–Kier alpha value is -4.83. The van der Waals surface area contributed by atoms with E-state index in [2.05, 4.69) is 16.0 Å². The second-order valence-corrected chi connectivity index (χ2v) is 8.08. The lowest BCUT2D eigenvalue weighted by atomic mass is 10.0. The van der Waals surface area contributed by atoms with Crippen LogP contribution >= 0.6 is 0 Å². The zero-order valence-corrected chi connectivity index (χ0v) is 19.0. The van der Waals surface area contributed by atoms with Crippen LogP contribution in [-0.2, 0) is 13.5 Å².